The molecule has 2 unspecified atom stereocenters. The lowest BCUT2D eigenvalue weighted by Gasteiger charge is -2.26. The first-order chi connectivity index (χ1) is 5.34. The van der Waals surface area contributed by atoms with Crippen molar-refractivity contribution in [2.45, 2.75) is 33.0 Å². The SMILES string of the molecule is CC(C)(C)C1OC(=O)C(=O)C1O. The zero-order valence-electron chi connectivity index (χ0n) is 7.33. The lowest BCUT2D eigenvalue weighted by Crippen LogP contribution is -2.37. The lowest BCUT2D eigenvalue weighted by molar-refractivity contribution is -0.151. The molecule has 0 aromatic carbocycles. The fourth-order valence-corrected chi connectivity index (χ4v) is 1.15. The number of carbonyl (C=O) groups is 2. The molecule has 4 nitrogen and oxygen atoms in total. The highest BCUT2D eigenvalue weighted by molar-refractivity contribution is 6.37. The number of ketones is 1. The predicted molar refractivity (Wildman–Crippen MR) is 40.3 cm³/mol. The van der Waals surface area contributed by atoms with Crippen LogP contribution < -0.4 is 0 Å². The van der Waals surface area contributed by atoms with Gasteiger partial charge >= 0.3 is 5.97 Å². The number of carbonyl (C=O) groups excluding carboxylic acids is 2. The van der Waals surface area contributed by atoms with Gasteiger partial charge < -0.3 is 9.84 Å². The molecule has 0 bridgehead atoms. The van der Waals surface area contributed by atoms with Crippen molar-refractivity contribution in [1.29, 1.82) is 0 Å². The number of cyclic esters (lactones) is 1. The monoisotopic (exact) mass is 172 g/mol. The minimum Gasteiger partial charge on any atom is -0.453 e. The van der Waals surface area contributed by atoms with E-state index in [1.165, 1.54) is 0 Å². The number of hydrogen-bond donors (Lipinski definition) is 1. The van der Waals surface area contributed by atoms with Gasteiger partial charge in [-0.1, -0.05) is 20.8 Å². The van der Waals surface area contributed by atoms with Crippen molar-refractivity contribution < 1.29 is 19.4 Å². The summed E-state index contributed by atoms with van der Waals surface area (Å²) >= 11 is 0. The van der Waals surface area contributed by atoms with Crippen molar-refractivity contribution >= 4 is 11.8 Å². The van der Waals surface area contributed by atoms with E-state index in [9.17, 15) is 14.7 Å². The summed E-state index contributed by atoms with van der Waals surface area (Å²) in [5, 5.41) is 9.27. The van der Waals surface area contributed by atoms with E-state index in [2.05, 4.69) is 0 Å². The third-order valence-corrected chi connectivity index (χ3v) is 1.84. The Balaban J connectivity index is 2.85. The summed E-state index contributed by atoms with van der Waals surface area (Å²) in [5.41, 5.74) is -0.402. The average molecular weight is 172 g/mol. The van der Waals surface area contributed by atoms with E-state index in [4.69, 9.17) is 4.74 Å². The van der Waals surface area contributed by atoms with Crippen molar-refractivity contribution in [2.24, 2.45) is 5.41 Å². The van der Waals surface area contributed by atoms with Crippen molar-refractivity contribution in [3.05, 3.63) is 0 Å². The summed E-state index contributed by atoms with van der Waals surface area (Å²) in [5.74, 6) is -1.77. The van der Waals surface area contributed by atoms with Gasteiger partial charge in [-0.3, -0.25) is 4.79 Å². The van der Waals surface area contributed by atoms with Crippen LogP contribution >= 0.6 is 0 Å². The highest BCUT2D eigenvalue weighted by Crippen LogP contribution is 2.29. The largest absolute Gasteiger partial charge is 0.453 e. The molecular formula is C8H12O4. The molecular weight excluding hydrogens is 160 g/mol. The minimum absolute atomic E-state index is 0.402. The quantitative estimate of drug-likeness (QED) is 0.409. The lowest BCUT2D eigenvalue weighted by atomic mass is 9.86. The Hall–Kier alpha value is -0.900. The molecule has 0 saturated carbocycles. The summed E-state index contributed by atoms with van der Waals surface area (Å²) in [4.78, 5) is 21.5. The van der Waals surface area contributed by atoms with Gasteiger partial charge in [-0.05, 0) is 0 Å². The molecule has 2 atom stereocenters. The average Bonchev–Trinajstić information content (AvgIpc) is 2.15. The first kappa shape index (κ1) is 9.19. The third-order valence-electron chi connectivity index (χ3n) is 1.84. The van der Waals surface area contributed by atoms with E-state index in [1.54, 1.807) is 20.8 Å². The van der Waals surface area contributed by atoms with Crippen LogP contribution in [0.1, 0.15) is 20.8 Å². The molecule has 1 saturated heterocycles. The van der Waals surface area contributed by atoms with Crippen LogP contribution in [0.2, 0.25) is 0 Å². The van der Waals surface area contributed by atoms with Crippen LogP contribution in [0.4, 0.5) is 0 Å². The van der Waals surface area contributed by atoms with Gasteiger partial charge in [0.15, 0.2) is 6.10 Å². The maximum atomic E-state index is 10.8. The van der Waals surface area contributed by atoms with Crippen LogP contribution in [0.15, 0.2) is 0 Å². The molecule has 0 aliphatic carbocycles. The smallest absolute Gasteiger partial charge is 0.378 e. The molecule has 1 heterocycles. The number of rotatable bonds is 0. The number of aliphatic hydroxyl groups is 1. The van der Waals surface area contributed by atoms with Crippen molar-refractivity contribution in [3.63, 3.8) is 0 Å². The number of ether oxygens (including phenoxy) is 1. The van der Waals surface area contributed by atoms with Crippen LogP contribution in [0.3, 0.4) is 0 Å². The van der Waals surface area contributed by atoms with Crippen LogP contribution in [0.5, 0.6) is 0 Å². The molecule has 1 N–H and O–H groups in total. The van der Waals surface area contributed by atoms with Gasteiger partial charge in [-0.25, -0.2) is 4.79 Å². The molecule has 0 radical (unpaired) electrons. The number of aliphatic hydroxyl groups excluding tert-OH is 1. The van der Waals surface area contributed by atoms with E-state index < -0.39 is 29.4 Å². The summed E-state index contributed by atoms with van der Waals surface area (Å²) in [6, 6.07) is 0. The second-order valence-corrected chi connectivity index (χ2v) is 4.00. The zero-order valence-corrected chi connectivity index (χ0v) is 7.33. The molecule has 68 valence electrons. The Morgan fingerprint density at radius 1 is 1.33 bits per heavy atom. The molecule has 12 heavy (non-hydrogen) atoms. The Morgan fingerprint density at radius 3 is 2.00 bits per heavy atom. The Bertz CT molecular complexity index is 226. The summed E-state index contributed by atoms with van der Waals surface area (Å²) in [6.07, 6.45) is -2.00. The summed E-state index contributed by atoms with van der Waals surface area (Å²) in [6.45, 7) is 5.40. The predicted octanol–water partition coefficient (Wildman–Crippen LogP) is -0.112. The third kappa shape index (κ3) is 1.34. The minimum atomic E-state index is -1.29. The summed E-state index contributed by atoms with van der Waals surface area (Å²) in [7, 11) is 0. The van der Waals surface area contributed by atoms with Crippen molar-refractivity contribution in [2.75, 3.05) is 0 Å². The van der Waals surface area contributed by atoms with Crippen molar-refractivity contribution in [1.82, 2.24) is 0 Å². The first-order valence-corrected chi connectivity index (χ1v) is 3.77. The van der Waals surface area contributed by atoms with Gasteiger partial charge in [-0.2, -0.15) is 0 Å². The van der Waals surface area contributed by atoms with E-state index >= 15 is 0 Å². The molecule has 0 aromatic rings. The topological polar surface area (TPSA) is 63.6 Å². The van der Waals surface area contributed by atoms with E-state index in [0.717, 1.165) is 0 Å². The van der Waals surface area contributed by atoms with Gasteiger partial charge in [0, 0.05) is 5.41 Å². The van der Waals surface area contributed by atoms with Gasteiger partial charge in [0.05, 0.1) is 0 Å². The highest BCUT2D eigenvalue weighted by atomic mass is 16.6. The second-order valence-electron chi connectivity index (χ2n) is 4.00. The van der Waals surface area contributed by atoms with Crippen LogP contribution in [0.25, 0.3) is 0 Å². The Kier molecular flexibility index (Phi) is 1.96. The van der Waals surface area contributed by atoms with Crippen LogP contribution in [-0.4, -0.2) is 29.1 Å². The molecule has 1 fully saturated rings. The van der Waals surface area contributed by atoms with Gasteiger partial charge in [-0.15, -0.1) is 0 Å². The van der Waals surface area contributed by atoms with Crippen LogP contribution in [0, 0.1) is 5.41 Å². The number of hydrogen-bond acceptors (Lipinski definition) is 4. The van der Waals surface area contributed by atoms with Gasteiger partial charge in [0.25, 0.3) is 5.78 Å². The number of esters is 1. The molecule has 1 aliphatic rings. The van der Waals surface area contributed by atoms with Gasteiger partial charge in [0.1, 0.15) is 6.10 Å². The van der Waals surface area contributed by atoms with E-state index in [1.807, 2.05) is 0 Å². The fraction of sp³-hybridized carbons (Fsp3) is 0.750. The highest BCUT2D eigenvalue weighted by Gasteiger charge is 2.47. The normalized spacial score (nSPS) is 30.7. The van der Waals surface area contributed by atoms with E-state index in [-0.39, 0.29) is 0 Å². The van der Waals surface area contributed by atoms with Gasteiger partial charge in [0.2, 0.25) is 0 Å². The maximum absolute atomic E-state index is 10.8. The molecule has 0 spiro atoms. The maximum Gasteiger partial charge on any atom is 0.378 e. The number of Topliss-reactive ketones (excluding diaryl/α,β-unsaturated/α-hetero) is 1. The summed E-state index contributed by atoms with van der Waals surface area (Å²) < 4.78 is 4.71. The Labute approximate surface area is 70.5 Å². The Morgan fingerprint density at radius 2 is 1.83 bits per heavy atom. The van der Waals surface area contributed by atoms with Crippen molar-refractivity contribution in [3.8, 4) is 0 Å². The molecule has 0 aromatic heterocycles. The standard InChI is InChI=1S/C8H12O4/c1-8(2,3)6-4(9)5(10)7(11)12-6/h4,6,9H,1-3H3. The zero-order chi connectivity index (χ0) is 9.52. The first-order valence-electron chi connectivity index (χ1n) is 3.77. The fourth-order valence-electron chi connectivity index (χ4n) is 1.15. The molecule has 4 heteroatoms. The molecule has 1 rings (SSSR count). The van der Waals surface area contributed by atoms with Crippen LogP contribution in [-0.2, 0) is 14.3 Å². The molecule has 0 amide bonds. The second kappa shape index (κ2) is 2.55. The molecule has 1 aliphatic heterocycles. The van der Waals surface area contributed by atoms with E-state index in [0.29, 0.717) is 0 Å².